The second kappa shape index (κ2) is 11.6. The lowest BCUT2D eigenvalue weighted by Gasteiger charge is -2.14. The maximum Gasteiger partial charge on any atom is 0.161 e. The molecule has 5 heteroatoms. The second-order valence-corrected chi connectivity index (χ2v) is 13.4. The lowest BCUT2D eigenvalue weighted by Crippen LogP contribution is -1.98. The van der Waals surface area contributed by atoms with Crippen LogP contribution in [0.1, 0.15) is 0 Å². The van der Waals surface area contributed by atoms with Crippen LogP contribution in [0.25, 0.3) is 98.3 Å². The summed E-state index contributed by atoms with van der Waals surface area (Å²) in [4.78, 5) is 14.9. The van der Waals surface area contributed by atoms with Crippen molar-refractivity contribution in [2.75, 3.05) is 0 Å². The molecule has 50 heavy (non-hydrogen) atoms. The summed E-state index contributed by atoms with van der Waals surface area (Å²) in [6.45, 7) is 0. The van der Waals surface area contributed by atoms with Gasteiger partial charge in [0.15, 0.2) is 5.82 Å². The van der Waals surface area contributed by atoms with Crippen LogP contribution in [0.5, 0.6) is 0 Å². The van der Waals surface area contributed by atoms with Crippen molar-refractivity contribution >= 4 is 53.4 Å². The molecule has 0 radical (unpaired) electrons. The standard InChI is InChI=1S/C45H27N3OS/c1-2-12-28(13-3-1)37-26-38(48-45(47-37)33-16-5-4-15-30(33)29-14-11-25-46-27-29)34-24-23-32(43-35-17-6-8-20-39(35)49-44(34)43)31-19-10-22-41-42(31)36-18-7-9-21-40(36)50-41/h1-27H. The number of aromatic nitrogens is 3. The Morgan fingerprint density at radius 2 is 1.14 bits per heavy atom. The molecule has 0 aliphatic carbocycles. The molecule has 10 rings (SSSR count). The van der Waals surface area contributed by atoms with E-state index >= 15 is 0 Å². The summed E-state index contributed by atoms with van der Waals surface area (Å²) in [5.41, 5.74) is 10.5. The molecule has 0 saturated heterocycles. The second-order valence-electron chi connectivity index (χ2n) is 12.4. The molecular weight excluding hydrogens is 631 g/mol. The molecule has 4 nitrogen and oxygen atoms in total. The zero-order valence-corrected chi connectivity index (χ0v) is 27.6. The van der Waals surface area contributed by atoms with Gasteiger partial charge in [0.25, 0.3) is 0 Å². The van der Waals surface area contributed by atoms with E-state index in [-0.39, 0.29) is 0 Å². The number of rotatable bonds is 5. The Morgan fingerprint density at radius 1 is 0.460 bits per heavy atom. The quantitative estimate of drug-likeness (QED) is 0.185. The Hall–Kier alpha value is -6.43. The normalized spacial score (nSPS) is 11.6. The monoisotopic (exact) mass is 657 g/mol. The van der Waals surface area contributed by atoms with Crippen LogP contribution >= 0.6 is 11.3 Å². The van der Waals surface area contributed by atoms with E-state index in [0.717, 1.165) is 66.7 Å². The van der Waals surface area contributed by atoms with E-state index in [1.165, 1.54) is 25.7 Å². The highest BCUT2D eigenvalue weighted by Crippen LogP contribution is 2.46. The van der Waals surface area contributed by atoms with Gasteiger partial charge in [-0.25, -0.2) is 9.97 Å². The van der Waals surface area contributed by atoms with Crippen LogP contribution in [0.3, 0.4) is 0 Å². The number of para-hydroxylation sites is 1. The van der Waals surface area contributed by atoms with Crippen molar-refractivity contribution in [1.82, 2.24) is 15.0 Å². The van der Waals surface area contributed by atoms with Gasteiger partial charge in [-0.3, -0.25) is 4.98 Å². The van der Waals surface area contributed by atoms with E-state index in [1.54, 1.807) is 6.20 Å². The topological polar surface area (TPSA) is 51.8 Å². The van der Waals surface area contributed by atoms with Crippen molar-refractivity contribution in [3.63, 3.8) is 0 Å². The van der Waals surface area contributed by atoms with Crippen LogP contribution in [0.2, 0.25) is 0 Å². The predicted molar refractivity (Wildman–Crippen MR) is 207 cm³/mol. The van der Waals surface area contributed by atoms with Crippen LogP contribution in [-0.2, 0) is 0 Å². The minimum atomic E-state index is 0.642. The van der Waals surface area contributed by atoms with Gasteiger partial charge in [0, 0.05) is 65.6 Å². The summed E-state index contributed by atoms with van der Waals surface area (Å²) in [7, 11) is 0. The van der Waals surface area contributed by atoms with E-state index in [4.69, 9.17) is 14.4 Å². The van der Waals surface area contributed by atoms with Gasteiger partial charge in [-0.15, -0.1) is 11.3 Å². The molecule has 0 aliphatic rings. The number of furan rings is 1. The average Bonchev–Trinajstić information content (AvgIpc) is 3.77. The molecule has 0 fully saturated rings. The molecule has 0 atom stereocenters. The summed E-state index contributed by atoms with van der Waals surface area (Å²) in [6.07, 6.45) is 3.68. The molecule has 4 aromatic heterocycles. The third-order valence-corrected chi connectivity index (χ3v) is 10.6. The fraction of sp³-hybridized carbons (Fsp3) is 0. The smallest absolute Gasteiger partial charge is 0.161 e. The number of pyridine rings is 1. The number of thiophene rings is 1. The summed E-state index contributed by atoms with van der Waals surface area (Å²) in [6, 6.07) is 52.7. The van der Waals surface area contributed by atoms with Gasteiger partial charge in [-0.2, -0.15) is 0 Å². The van der Waals surface area contributed by atoms with E-state index in [9.17, 15) is 0 Å². The SMILES string of the molecule is c1ccc(-c2cc(-c3ccc(-c4cccc5sc6ccccc6c45)c4c3oc3ccccc34)nc(-c3ccccc3-c3cccnc3)n2)cc1. The van der Waals surface area contributed by atoms with Crippen molar-refractivity contribution in [2.24, 2.45) is 0 Å². The van der Waals surface area contributed by atoms with Crippen molar-refractivity contribution in [3.05, 3.63) is 164 Å². The van der Waals surface area contributed by atoms with Crippen LogP contribution in [-0.4, -0.2) is 15.0 Å². The van der Waals surface area contributed by atoms with Gasteiger partial charge in [0.2, 0.25) is 0 Å². The van der Waals surface area contributed by atoms with Gasteiger partial charge < -0.3 is 4.42 Å². The highest BCUT2D eigenvalue weighted by molar-refractivity contribution is 7.25. The van der Waals surface area contributed by atoms with Gasteiger partial charge in [-0.05, 0) is 53.1 Å². The fourth-order valence-electron chi connectivity index (χ4n) is 7.17. The van der Waals surface area contributed by atoms with Crippen molar-refractivity contribution in [1.29, 1.82) is 0 Å². The third-order valence-electron chi connectivity index (χ3n) is 9.43. The summed E-state index contributed by atoms with van der Waals surface area (Å²) < 4.78 is 9.36. The van der Waals surface area contributed by atoms with Crippen LogP contribution in [0.4, 0.5) is 0 Å². The largest absolute Gasteiger partial charge is 0.455 e. The minimum Gasteiger partial charge on any atom is -0.455 e. The summed E-state index contributed by atoms with van der Waals surface area (Å²) in [5, 5.41) is 4.71. The molecule has 6 aromatic carbocycles. The number of hydrogen-bond acceptors (Lipinski definition) is 5. The van der Waals surface area contributed by atoms with E-state index < -0.39 is 0 Å². The summed E-state index contributed by atoms with van der Waals surface area (Å²) in [5.74, 6) is 0.642. The first-order valence-corrected chi connectivity index (χ1v) is 17.4. The van der Waals surface area contributed by atoms with Crippen molar-refractivity contribution in [3.8, 4) is 56.2 Å². The number of hydrogen-bond donors (Lipinski definition) is 0. The Morgan fingerprint density at radius 3 is 2.02 bits per heavy atom. The zero-order valence-electron chi connectivity index (χ0n) is 26.7. The maximum atomic E-state index is 6.80. The average molecular weight is 658 g/mol. The molecule has 0 aliphatic heterocycles. The molecular formula is C45H27N3OS. The Balaban J connectivity index is 1.26. The molecule has 234 valence electrons. The highest BCUT2D eigenvalue weighted by Gasteiger charge is 2.22. The lowest BCUT2D eigenvalue weighted by atomic mass is 9.93. The third kappa shape index (κ3) is 4.63. The fourth-order valence-corrected chi connectivity index (χ4v) is 8.30. The molecule has 10 aromatic rings. The first-order valence-electron chi connectivity index (χ1n) is 16.6. The Kier molecular flexibility index (Phi) is 6.64. The maximum absolute atomic E-state index is 6.80. The molecule has 0 unspecified atom stereocenters. The predicted octanol–water partition coefficient (Wildman–Crippen LogP) is 12.5. The van der Waals surface area contributed by atoms with Gasteiger partial charge in [-0.1, -0.05) is 115 Å². The van der Waals surface area contributed by atoms with Crippen molar-refractivity contribution in [2.45, 2.75) is 0 Å². The molecule has 0 saturated carbocycles. The van der Waals surface area contributed by atoms with Crippen LogP contribution in [0.15, 0.2) is 168 Å². The number of fused-ring (bicyclic) bond motifs is 6. The van der Waals surface area contributed by atoms with Crippen LogP contribution < -0.4 is 0 Å². The number of benzene rings is 6. The van der Waals surface area contributed by atoms with E-state index in [0.29, 0.717) is 5.82 Å². The molecule has 0 spiro atoms. The lowest BCUT2D eigenvalue weighted by molar-refractivity contribution is 0.670. The van der Waals surface area contributed by atoms with Gasteiger partial charge in [0.1, 0.15) is 11.2 Å². The van der Waals surface area contributed by atoms with E-state index in [2.05, 4.69) is 114 Å². The summed E-state index contributed by atoms with van der Waals surface area (Å²) >= 11 is 1.84. The molecule has 0 bridgehead atoms. The van der Waals surface area contributed by atoms with E-state index in [1.807, 2.05) is 60.0 Å². The highest BCUT2D eigenvalue weighted by atomic mass is 32.1. The van der Waals surface area contributed by atoms with Crippen LogP contribution in [0, 0.1) is 0 Å². The minimum absolute atomic E-state index is 0.642. The van der Waals surface area contributed by atoms with Gasteiger partial charge >= 0.3 is 0 Å². The van der Waals surface area contributed by atoms with Crippen molar-refractivity contribution < 1.29 is 4.42 Å². The molecule has 0 N–H and O–H groups in total. The Labute approximate surface area is 292 Å². The van der Waals surface area contributed by atoms with Gasteiger partial charge in [0.05, 0.1) is 11.4 Å². The zero-order chi connectivity index (χ0) is 33.0. The molecule has 0 amide bonds. The number of nitrogens with zero attached hydrogens (tertiary/aromatic N) is 3. The molecule has 4 heterocycles. The Bertz CT molecular complexity index is 2870. The first-order chi connectivity index (χ1) is 24.8. The first kappa shape index (κ1) is 28.6.